The molecular weight excluding hydrogens is 170 g/mol. The number of nitrogens with one attached hydrogen (secondary N) is 1. The second kappa shape index (κ2) is 4.25. The average Bonchev–Trinajstić information content (AvgIpc) is 2.03. The predicted octanol–water partition coefficient (Wildman–Crippen LogP) is 1.10. The van der Waals surface area contributed by atoms with Crippen molar-refractivity contribution in [2.24, 2.45) is 5.92 Å². The molecule has 1 rings (SSSR count). The van der Waals surface area contributed by atoms with Gasteiger partial charge in [-0.2, -0.15) is 0 Å². The summed E-state index contributed by atoms with van der Waals surface area (Å²) in [7, 11) is 0. The lowest BCUT2D eigenvalue weighted by molar-refractivity contribution is -0.122. The van der Waals surface area contributed by atoms with E-state index in [-0.39, 0.29) is 11.8 Å². The second-order valence-electron chi connectivity index (χ2n) is 3.69. The van der Waals surface area contributed by atoms with Gasteiger partial charge in [0.1, 0.15) is 0 Å². The Balaban J connectivity index is 2.41. The summed E-state index contributed by atoms with van der Waals surface area (Å²) in [6, 6.07) is -0.330. The van der Waals surface area contributed by atoms with Crippen LogP contribution in [-0.4, -0.2) is 24.5 Å². The number of hydrogen-bond donors (Lipinski definition) is 1. The summed E-state index contributed by atoms with van der Waals surface area (Å²) in [4.78, 5) is 22.3. The third-order valence-electron chi connectivity index (χ3n) is 1.93. The highest BCUT2D eigenvalue weighted by Gasteiger charge is 2.25. The first-order valence-electron chi connectivity index (χ1n) is 4.55. The Morgan fingerprint density at radius 3 is 2.92 bits per heavy atom. The van der Waals surface area contributed by atoms with E-state index in [1.165, 1.54) is 0 Å². The summed E-state index contributed by atoms with van der Waals surface area (Å²) in [6.07, 6.45) is 0.635. The lowest BCUT2D eigenvalue weighted by Crippen LogP contribution is -2.46. The normalized spacial score (nSPS) is 22.4. The van der Waals surface area contributed by atoms with Crippen LogP contribution in [0.25, 0.3) is 0 Å². The van der Waals surface area contributed by atoms with Crippen LogP contribution in [0.5, 0.6) is 0 Å². The van der Waals surface area contributed by atoms with Gasteiger partial charge in [-0.15, -0.1) is 0 Å². The molecule has 0 bridgehead atoms. The molecule has 13 heavy (non-hydrogen) atoms. The van der Waals surface area contributed by atoms with Crippen molar-refractivity contribution in [2.75, 3.05) is 6.61 Å². The summed E-state index contributed by atoms with van der Waals surface area (Å²) in [5, 5.41) is 2.51. The molecule has 1 heterocycles. The molecule has 4 heteroatoms. The molecule has 1 saturated heterocycles. The standard InChI is InChI=1S/C9H15NO3/c1-6(2)5-8(11)7-3-4-13-9(12)10-7/h6-7H,3-5H2,1-2H3,(H,10,12). The van der Waals surface area contributed by atoms with Gasteiger partial charge < -0.3 is 10.1 Å². The fourth-order valence-corrected chi connectivity index (χ4v) is 1.31. The first kappa shape index (κ1) is 10.0. The minimum Gasteiger partial charge on any atom is -0.449 e. The van der Waals surface area contributed by atoms with Gasteiger partial charge in [-0.3, -0.25) is 4.79 Å². The SMILES string of the molecule is CC(C)CC(=O)C1CCOC(=O)N1. The molecule has 1 atom stereocenters. The maximum atomic E-state index is 11.5. The number of hydrogen-bond acceptors (Lipinski definition) is 3. The molecule has 0 saturated carbocycles. The van der Waals surface area contributed by atoms with Gasteiger partial charge >= 0.3 is 6.09 Å². The monoisotopic (exact) mass is 185 g/mol. The van der Waals surface area contributed by atoms with Crippen molar-refractivity contribution in [3.63, 3.8) is 0 Å². The third-order valence-corrected chi connectivity index (χ3v) is 1.93. The number of carbonyl (C=O) groups is 2. The number of carbonyl (C=O) groups excluding carboxylic acids is 2. The molecule has 0 aromatic rings. The molecule has 0 spiro atoms. The molecule has 74 valence electrons. The van der Waals surface area contributed by atoms with Gasteiger partial charge in [-0.1, -0.05) is 13.8 Å². The maximum absolute atomic E-state index is 11.5. The van der Waals surface area contributed by atoms with Gasteiger partial charge in [-0.25, -0.2) is 4.79 Å². The summed E-state index contributed by atoms with van der Waals surface area (Å²) in [6.45, 7) is 4.32. The van der Waals surface area contributed by atoms with Crippen molar-refractivity contribution >= 4 is 11.9 Å². The van der Waals surface area contributed by atoms with Gasteiger partial charge in [0.25, 0.3) is 0 Å². The van der Waals surface area contributed by atoms with Crippen LogP contribution in [0.1, 0.15) is 26.7 Å². The van der Waals surface area contributed by atoms with Gasteiger partial charge in [0.15, 0.2) is 5.78 Å². The Morgan fingerprint density at radius 1 is 1.69 bits per heavy atom. The van der Waals surface area contributed by atoms with Crippen molar-refractivity contribution < 1.29 is 14.3 Å². The van der Waals surface area contributed by atoms with E-state index >= 15 is 0 Å². The van der Waals surface area contributed by atoms with E-state index in [1.807, 2.05) is 13.8 Å². The number of rotatable bonds is 3. The van der Waals surface area contributed by atoms with E-state index < -0.39 is 6.09 Å². The van der Waals surface area contributed by atoms with Crippen molar-refractivity contribution in [1.29, 1.82) is 0 Å². The number of cyclic esters (lactones) is 1. The van der Waals surface area contributed by atoms with Crippen molar-refractivity contribution in [3.8, 4) is 0 Å². The molecule has 0 aliphatic carbocycles. The first-order chi connectivity index (χ1) is 6.09. The van der Waals surface area contributed by atoms with Crippen LogP contribution in [0.4, 0.5) is 4.79 Å². The smallest absolute Gasteiger partial charge is 0.407 e. The first-order valence-corrected chi connectivity index (χ1v) is 4.55. The second-order valence-corrected chi connectivity index (χ2v) is 3.69. The Morgan fingerprint density at radius 2 is 2.38 bits per heavy atom. The van der Waals surface area contributed by atoms with Crippen LogP contribution in [0.3, 0.4) is 0 Å². The van der Waals surface area contributed by atoms with E-state index in [0.29, 0.717) is 25.4 Å². The Bertz CT molecular complexity index is 213. The third kappa shape index (κ3) is 3.05. The minimum atomic E-state index is -0.478. The summed E-state index contributed by atoms with van der Waals surface area (Å²) >= 11 is 0. The van der Waals surface area contributed by atoms with Crippen LogP contribution in [0, 0.1) is 5.92 Å². The summed E-state index contributed by atoms with van der Waals surface area (Å²) in [5.41, 5.74) is 0. The minimum absolute atomic E-state index is 0.103. The molecule has 0 aromatic carbocycles. The van der Waals surface area contributed by atoms with E-state index in [1.54, 1.807) is 0 Å². The molecule has 0 radical (unpaired) electrons. The lowest BCUT2D eigenvalue weighted by atomic mass is 10.00. The zero-order valence-corrected chi connectivity index (χ0v) is 8.00. The molecule has 1 aliphatic heterocycles. The van der Waals surface area contributed by atoms with Crippen molar-refractivity contribution in [1.82, 2.24) is 5.32 Å². The van der Waals surface area contributed by atoms with Gasteiger partial charge in [0.05, 0.1) is 12.6 Å². The summed E-state index contributed by atoms with van der Waals surface area (Å²) < 4.78 is 4.66. The van der Waals surface area contributed by atoms with E-state index in [0.717, 1.165) is 0 Å². The summed E-state index contributed by atoms with van der Waals surface area (Å²) in [5.74, 6) is 0.443. The quantitative estimate of drug-likeness (QED) is 0.716. The van der Waals surface area contributed by atoms with Crippen LogP contribution >= 0.6 is 0 Å². The van der Waals surface area contributed by atoms with Crippen LogP contribution in [0.15, 0.2) is 0 Å². The van der Waals surface area contributed by atoms with Gasteiger partial charge in [-0.05, 0) is 5.92 Å². The highest BCUT2D eigenvalue weighted by Crippen LogP contribution is 2.08. The Labute approximate surface area is 77.6 Å². The topological polar surface area (TPSA) is 55.4 Å². The lowest BCUT2D eigenvalue weighted by Gasteiger charge is -2.22. The highest BCUT2D eigenvalue weighted by atomic mass is 16.5. The molecule has 1 unspecified atom stereocenters. The van der Waals surface area contributed by atoms with Crippen LogP contribution in [-0.2, 0) is 9.53 Å². The molecule has 0 aromatic heterocycles. The van der Waals surface area contributed by atoms with E-state index in [4.69, 9.17) is 0 Å². The number of ether oxygens (including phenoxy) is 1. The molecular formula is C9H15NO3. The van der Waals surface area contributed by atoms with E-state index in [2.05, 4.69) is 10.1 Å². The van der Waals surface area contributed by atoms with Gasteiger partial charge in [0, 0.05) is 12.8 Å². The predicted molar refractivity (Wildman–Crippen MR) is 47.4 cm³/mol. The number of ketones is 1. The zero-order valence-electron chi connectivity index (χ0n) is 8.00. The average molecular weight is 185 g/mol. The molecule has 1 amide bonds. The number of amides is 1. The van der Waals surface area contributed by atoms with Crippen molar-refractivity contribution in [2.45, 2.75) is 32.7 Å². The fourth-order valence-electron chi connectivity index (χ4n) is 1.31. The fraction of sp³-hybridized carbons (Fsp3) is 0.778. The molecule has 1 fully saturated rings. The Kier molecular flexibility index (Phi) is 3.28. The Hall–Kier alpha value is -1.06. The van der Waals surface area contributed by atoms with E-state index in [9.17, 15) is 9.59 Å². The number of alkyl carbamates (subject to hydrolysis) is 1. The molecule has 4 nitrogen and oxygen atoms in total. The van der Waals surface area contributed by atoms with Crippen molar-refractivity contribution in [3.05, 3.63) is 0 Å². The highest BCUT2D eigenvalue weighted by molar-refractivity contribution is 5.88. The van der Waals surface area contributed by atoms with Gasteiger partial charge in [0.2, 0.25) is 0 Å². The molecule has 1 N–H and O–H groups in total. The van der Waals surface area contributed by atoms with Crippen LogP contribution < -0.4 is 5.32 Å². The largest absolute Gasteiger partial charge is 0.449 e. The maximum Gasteiger partial charge on any atom is 0.407 e. The molecule has 1 aliphatic rings. The van der Waals surface area contributed by atoms with Crippen LogP contribution in [0.2, 0.25) is 0 Å². The zero-order chi connectivity index (χ0) is 9.84. The number of Topliss-reactive ketones (excluding diaryl/α,β-unsaturated/α-hetero) is 1.